The highest BCUT2D eigenvalue weighted by molar-refractivity contribution is 5.74. The summed E-state index contributed by atoms with van der Waals surface area (Å²) in [4.78, 5) is 15.9. The van der Waals surface area contributed by atoms with Crippen LogP contribution >= 0.6 is 0 Å². The van der Waals surface area contributed by atoms with E-state index in [1.54, 1.807) is 0 Å². The number of hydroxylamine groups is 1. The first-order valence-corrected chi connectivity index (χ1v) is 4.75. The second-order valence-electron chi connectivity index (χ2n) is 3.70. The Bertz CT molecular complexity index is 171. The van der Waals surface area contributed by atoms with Crippen LogP contribution in [0.3, 0.4) is 0 Å². The van der Waals surface area contributed by atoms with E-state index in [0.717, 1.165) is 12.8 Å². The molecule has 5 nitrogen and oxygen atoms in total. The van der Waals surface area contributed by atoms with Gasteiger partial charge >= 0.3 is 0 Å². The van der Waals surface area contributed by atoms with E-state index in [2.05, 4.69) is 5.48 Å². The van der Waals surface area contributed by atoms with E-state index < -0.39 is 11.5 Å². The Morgan fingerprint density at radius 3 is 2.71 bits per heavy atom. The van der Waals surface area contributed by atoms with Gasteiger partial charge in [0.05, 0.1) is 18.6 Å². The average Bonchev–Trinajstić information content (AvgIpc) is 2.13. The molecule has 0 aromatic carbocycles. The molecular formula is C9H19N2O3. The third-order valence-corrected chi connectivity index (χ3v) is 1.70. The lowest BCUT2D eigenvalue weighted by Crippen LogP contribution is -2.32. The minimum absolute atomic E-state index is 0.00691. The molecule has 0 bridgehead atoms. The minimum atomic E-state index is -0.468. The van der Waals surface area contributed by atoms with Crippen molar-refractivity contribution in [1.82, 2.24) is 5.48 Å². The van der Waals surface area contributed by atoms with Crippen molar-refractivity contribution in [2.24, 2.45) is 5.73 Å². The molecule has 5 heteroatoms. The lowest BCUT2D eigenvalue weighted by molar-refractivity contribution is -0.151. The van der Waals surface area contributed by atoms with Gasteiger partial charge in [-0.25, -0.2) is 4.84 Å². The van der Waals surface area contributed by atoms with Crippen LogP contribution in [0.15, 0.2) is 0 Å². The summed E-state index contributed by atoms with van der Waals surface area (Å²) in [5, 5.41) is 8.45. The van der Waals surface area contributed by atoms with Crippen LogP contribution in [0.25, 0.3) is 0 Å². The zero-order chi connectivity index (χ0) is 11.0. The number of carbonyl (C=O) groups excluding carboxylic acids is 1. The molecule has 0 unspecified atom stereocenters. The number of hydrogen-bond acceptors (Lipinski definition) is 4. The molecular weight excluding hydrogens is 184 g/mol. The SMILES string of the molecule is CC(C)(CCCN)O[N]C(=O)CCO. The molecule has 0 aromatic heterocycles. The lowest BCUT2D eigenvalue weighted by Gasteiger charge is -2.22. The first-order valence-electron chi connectivity index (χ1n) is 4.75. The van der Waals surface area contributed by atoms with Gasteiger partial charge in [-0.2, -0.15) is 0 Å². The smallest absolute Gasteiger partial charge is 0.271 e. The molecule has 83 valence electrons. The van der Waals surface area contributed by atoms with Gasteiger partial charge in [0.25, 0.3) is 5.91 Å². The maximum absolute atomic E-state index is 10.9. The quantitative estimate of drug-likeness (QED) is 0.568. The van der Waals surface area contributed by atoms with Gasteiger partial charge in [0.1, 0.15) is 0 Å². The van der Waals surface area contributed by atoms with Gasteiger partial charge in [-0.15, -0.1) is 0 Å². The fourth-order valence-corrected chi connectivity index (χ4v) is 0.889. The maximum atomic E-state index is 10.9. The van der Waals surface area contributed by atoms with Crippen LogP contribution in [-0.4, -0.2) is 29.8 Å². The summed E-state index contributed by atoms with van der Waals surface area (Å²) in [6.07, 6.45) is 1.59. The third kappa shape index (κ3) is 6.82. The largest absolute Gasteiger partial charge is 0.396 e. The Morgan fingerprint density at radius 2 is 2.21 bits per heavy atom. The van der Waals surface area contributed by atoms with Crippen molar-refractivity contribution < 1.29 is 14.7 Å². The van der Waals surface area contributed by atoms with Gasteiger partial charge in [-0.05, 0) is 33.2 Å². The molecule has 0 rings (SSSR count). The maximum Gasteiger partial charge on any atom is 0.271 e. The van der Waals surface area contributed by atoms with Crippen molar-refractivity contribution in [2.75, 3.05) is 13.2 Å². The van der Waals surface area contributed by atoms with Crippen LogP contribution < -0.4 is 11.2 Å². The third-order valence-electron chi connectivity index (χ3n) is 1.70. The summed E-state index contributed by atoms with van der Waals surface area (Å²) >= 11 is 0. The predicted molar refractivity (Wildman–Crippen MR) is 52.3 cm³/mol. The highest BCUT2D eigenvalue weighted by Crippen LogP contribution is 2.14. The van der Waals surface area contributed by atoms with Crippen LogP contribution in [-0.2, 0) is 9.63 Å². The summed E-state index contributed by atoms with van der Waals surface area (Å²) in [6, 6.07) is 0. The summed E-state index contributed by atoms with van der Waals surface area (Å²) in [6.45, 7) is 4.09. The average molecular weight is 203 g/mol. The number of nitrogens with two attached hydrogens (primary N) is 1. The number of rotatable bonds is 7. The number of amides is 1. The molecule has 1 radical (unpaired) electrons. The minimum Gasteiger partial charge on any atom is -0.396 e. The van der Waals surface area contributed by atoms with E-state index in [1.807, 2.05) is 13.8 Å². The molecule has 0 aliphatic carbocycles. The second kappa shape index (κ2) is 6.75. The number of aliphatic hydroxyl groups excluding tert-OH is 1. The first kappa shape index (κ1) is 13.4. The Kier molecular flexibility index (Phi) is 6.44. The number of aliphatic hydroxyl groups is 1. The first-order chi connectivity index (χ1) is 6.52. The van der Waals surface area contributed by atoms with Gasteiger partial charge in [0, 0.05) is 0 Å². The van der Waals surface area contributed by atoms with E-state index in [1.165, 1.54) is 0 Å². The van der Waals surface area contributed by atoms with Gasteiger partial charge in [0.15, 0.2) is 0 Å². The molecule has 0 heterocycles. The highest BCUT2D eigenvalue weighted by Gasteiger charge is 2.20. The van der Waals surface area contributed by atoms with E-state index in [0.29, 0.717) is 6.54 Å². The van der Waals surface area contributed by atoms with Gasteiger partial charge < -0.3 is 10.8 Å². The molecule has 0 fully saturated rings. The van der Waals surface area contributed by atoms with Crippen LogP contribution in [0.5, 0.6) is 0 Å². The Balaban J connectivity index is 3.68. The Labute approximate surface area is 84.6 Å². The van der Waals surface area contributed by atoms with Crippen molar-refractivity contribution in [3.63, 3.8) is 0 Å². The zero-order valence-electron chi connectivity index (χ0n) is 8.82. The summed E-state index contributed by atoms with van der Waals surface area (Å²) in [5.74, 6) is -0.437. The molecule has 0 spiro atoms. The van der Waals surface area contributed by atoms with Crippen molar-refractivity contribution in [2.45, 2.75) is 38.7 Å². The normalized spacial score (nSPS) is 11.4. The molecule has 0 atom stereocenters. The standard InChI is InChI=1S/C9H19N2O3/c1-9(2,5-3-6-10)14-11-8(13)4-7-12/h12H,3-7,10H2,1-2H3. The van der Waals surface area contributed by atoms with Crippen molar-refractivity contribution in [3.8, 4) is 0 Å². The summed E-state index contributed by atoms with van der Waals surface area (Å²) in [7, 11) is 0. The lowest BCUT2D eigenvalue weighted by atomic mass is 10.0. The van der Waals surface area contributed by atoms with E-state index >= 15 is 0 Å². The van der Waals surface area contributed by atoms with Gasteiger partial charge in [-0.3, -0.25) is 4.79 Å². The number of hydrogen-bond donors (Lipinski definition) is 2. The molecule has 0 saturated carbocycles. The van der Waals surface area contributed by atoms with E-state index in [9.17, 15) is 4.79 Å². The zero-order valence-corrected chi connectivity index (χ0v) is 8.82. The molecule has 1 amide bonds. The summed E-state index contributed by atoms with van der Waals surface area (Å²) in [5.41, 5.74) is 8.28. The van der Waals surface area contributed by atoms with Gasteiger partial charge in [0.2, 0.25) is 0 Å². The fourth-order valence-electron chi connectivity index (χ4n) is 0.889. The summed E-state index contributed by atoms with van der Waals surface area (Å²) < 4.78 is 0. The fraction of sp³-hybridized carbons (Fsp3) is 0.889. The van der Waals surface area contributed by atoms with Crippen molar-refractivity contribution >= 4 is 5.91 Å². The molecule has 14 heavy (non-hydrogen) atoms. The van der Waals surface area contributed by atoms with Crippen LogP contribution in [0.1, 0.15) is 33.1 Å². The van der Waals surface area contributed by atoms with Gasteiger partial charge in [-0.1, -0.05) is 5.48 Å². The molecule has 0 aliphatic rings. The van der Waals surface area contributed by atoms with E-state index in [-0.39, 0.29) is 13.0 Å². The molecule has 0 saturated heterocycles. The van der Waals surface area contributed by atoms with Crippen LogP contribution in [0.2, 0.25) is 0 Å². The Morgan fingerprint density at radius 1 is 1.57 bits per heavy atom. The molecule has 3 N–H and O–H groups in total. The van der Waals surface area contributed by atoms with Crippen LogP contribution in [0.4, 0.5) is 0 Å². The second-order valence-corrected chi connectivity index (χ2v) is 3.70. The predicted octanol–water partition coefficient (Wildman–Crippen LogP) is -0.0511. The number of carbonyl (C=O) groups is 1. The highest BCUT2D eigenvalue weighted by atomic mass is 16.7. The topological polar surface area (TPSA) is 86.7 Å². The van der Waals surface area contributed by atoms with Crippen molar-refractivity contribution in [3.05, 3.63) is 0 Å². The molecule has 0 aromatic rings. The Hall–Kier alpha value is -0.650. The number of nitrogens with zero attached hydrogens (tertiary/aromatic N) is 1. The van der Waals surface area contributed by atoms with Crippen LogP contribution in [0, 0.1) is 0 Å². The molecule has 0 aliphatic heterocycles. The van der Waals surface area contributed by atoms with E-state index in [4.69, 9.17) is 15.7 Å². The van der Waals surface area contributed by atoms with Crippen molar-refractivity contribution in [1.29, 1.82) is 0 Å². The monoisotopic (exact) mass is 203 g/mol.